The fourth-order valence-electron chi connectivity index (χ4n) is 2.82. The van der Waals surface area contributed by atoms with E-state index in [1.54, 1.807) is 60.7 Å². The lowest BCUT2D eigenvalue weighted by molar-refractivity contribution is -0.114. The third kappa shape index (κ3) is 5.46. The van der Waals surface area contributed by atoms with Gasteiger partial charge in [-0.15, -0.1) is 0 Å². The second-order valence-electron chi connectivity index (χ2n) is 6.60. The van der Waals surface area contributed by atoms with E-state index in [2.05, 4.69) is 10.6 Å². The van der Waals surface area contributed by atoms with Crippen LogP contribution in [0.2, 0.25) is 5.02 Å². The summed E-state index contributed by atoms with van der Waals surface area (Å²) in [5.41, 5.74) is 1.69. The van der Waals surface area contributed by atoms with Crippen LogP contribution in [0.15, 0.2) is 77.7 Å². The predicted molar refractivity (Wildman–Crippen MR) is 117 cm³/mol. The molecule has 0 spiro atoms. The lowest BCUT2D eigenvalue weighted by Gasteiger charge is -2.10. The molecule has 8 heteroatoms. The molecule has 3 aromatic rings. The molecule has 0 saturated heterocycles. The molecule has 2 amide bonds. The van der Waals surface area contributed by atoms with Crippen molar-refractivity contribution in [3.05, 3.63) is 88.9 Å². The van der Waals surface area contributed by atoms with Crippen molar-refractivity contribution in [2.75, 3.05) is 10.6 Å². The Hall–Kier alpha value is -3.16. The fourth-order valence-corrected chi connectivity index (χ4v) is 4.41. The van der Waals surface area contributed by atoms with Crippen LogP contribution in [-0.4, -0.2) is 20.2 Å². The molecule has 0 radical (unpaired) electrons. The lowest BCUT2D eigenvalue weighted by Crippen LogP contribution is -2.13. The van der Waals surface area contributed by atoms with Crippen LogP contribution in [0.5, 0.6) is 0 Å². The van der Waals surface area contributed by atoms with Crippen molar-refractivity contribution >= 4 is 44.6 Å². The average molecular weight is 443 g/mol. The van der Waals surface area contributed by atoms with Gasteiger partial charge in [-0.3, -0.25) is 9.59 Å². The van der Waals surface area contributed by atoms with Crippen molar-refractivity contribution < 1.29 is 18.0 Å². The number of carbonyl (C=O) groups excluding carboxylic acids is 2. The van der Waals surface area contributed by atoms with Gasteiger partial charge < -0.3 is 10.6 Å². The number of hydrogen-bond donors (Lipinski definition) is 2. The van der Waals surface area contributed by atoms with Crippen LogP contribution in [0.3, 0.4) is 0 Å². The highest BCUT2D eigenvalue weighted by Crippen LogP contribution is 2.26. The summed E-state index contributed by atoms with van der Waals surface area (Å²) in [6, 6.07) is 19.3. The molecule has 154 valence electrons. The Morgan fingerprint density at radius 2 is 1.63 bits per heavy atom. The molecular formula is C22H19ClN2O4S. The van der Waals surface area contributed by atoms with E-state index in [1.165, 1.54) is 19.1 Å². The molecule has 0 fully saturated rings. The first-order valence-corrected chi connectivity index (χ1v) is 11.0. The van der Waals surface area contributed by atoms with E-state index in [-0.39, 0.29) is 21.6 Å². The van der Waals surface area contributed by atoms with Gasteiger partial charge in [0.1, 0.15) is 0 Å². The normalized spacial score (nSPS) is 11.0. The van der Waals surface area contributed by atoms with E-state index in [0.29, 0.717) is 22.5 Å². The van der Waals surface area contributed by atoms with Gasteiger partial charge >= 0.3 is 0 Å². The molecule has 6 nitrogen and oxygen atoms in total. The zero-order chi connectivity index (χ0) is 21.7. The summed E-state index contributed by atoms with van der Waals surface area (Å²) in [6.45, 7) is 1.38. The Balaban J connectivity index is 1.76. The lowest BCUT2D eigenvalue weighted by atomic mass is 10.1. The Labute approximate surface area is 179 Å². The zero-order valence-corrected chi connectivity index (χ0v) is 17.6. The number of amides is 2. The number of benzene rings is 3. The molecule has 0 aliphatic heterocycles. The molecule has 0 saturated carbocycles. The molecule has 0 aliphatic rings. The zero-order valence-electron chi connectivity index (χ0n) is 16.1. The predicted octanol–water partition coefficient (Wildman–Crippen LogP) is 4.52. The van der Waals surface area contributed by atoms with Crippen molar-refractivity contribution in [2.45, 2.75) is 17.6 Å². The molecule has 0 heterocycles. The number of sulfone groups is 1. The summed E-state index contributed by atoms with van der Waals surface area (Å²) in [5.74, 6) is -0.877. The van der Waals surface area contributed by atoms with E-state index in [9.17, 15) is 18.0 Å². The molecule has 0 atom stereocenters. The second kappa shape index (κ2) is 9.11. The monoisotopic (exact) mass is 442 g/mol. The van der Waals surface area contributed by atoms with Crippen molar-refractivity contribution in [3.8, 4) is 0 Å². The summed E-state index contributed by atoms with van der Waals surface area (Å²) >= 11 is 6.19. The number of carbonyl (C=O) groups is 2. The Morgan fingerprint density at radius 1 is 0.900 bits per heavy atom. The fraction of sp³-hybridized carbons (Fsp3) is 0.0909. The molecular weight excluding hydrogens is 424 g/mol. The minimum absolute atomic E-state index is 0.218. The minimum atomic E-state index is -3.52. The van der Waals surface area contributed by atoms with Gasteiger partial charge in [-0.25, -0.2) is 8.42 Å². The van der Waals surface area contributed by atoms with Gasteiger partial charge in [0.2, 0.25) is 5.91 Å². The Kier molecular flexibility index (Phi) is 6.54. The third-order valence-electron chi connectivity index (χ3n) is 4.19. The maximum atomic E-state index is 12.6. The molecule has 0 aromatic heterocycles. The summed E-state index contributed by atoms with van der Waals surface area (Å²) in [4.78, 5) is 24.0. The largest absolute Gasteiger partial charge is 0.326 e. The Morgan fingerprint density at radius 3 is 2.30 bits per heavy atom. The first-order valence-electron chi connectivity index (χ1n) is 9.00. The van der Waals surface area contributed by atoms with Gasteiger partial charge in [0, 0.05) is 18.2 Å². The quantitative estimate of drug-likeness (QED) is 0.586. The molecule has 0 aliphatic carbocycles. The highest BCUT2D eigenvalue weighted by atomic mass is 35.5. The maximum absolute atomic E-state index is 12.6. The molecule has 3 rings (SSSR count). The first-order chi connectivity index (χ1) is 14.2. The van der Waals surface area contributed by atoms with Gasteiger partial charge in [0.25, 0.3) is 5.91 Å². The average Bonchev–Trinajstić information content (AvgIpc) is 2.70. The topological polar surface area (TPSA) is 92.3 Å². The van der Waals surface area contributed by atoms with Gasteiger partial charge in [-0.2, -0.15) is 0 Å². The van der Waals surface area contributed by atoms with Crippen LogP contribution in [0, 0.1) is 0 Å². The smallest absolute Gasteiger partial charge is 0.255 e. The van der Waals surface area contributed by atoms with Crippen molar-refractivity contribution in [3.63, 3.8) is 0 Å². The van der Waals surface area contributed by atoms with Crippen molar-refractivity contribution in [1.29, 1.82) is 0 Å². The van der Waals surface area contributed by atoms with Gasteiger partial charge in [-0.05, 0) is 48.0 Å². The van der Waals surface area contributed by atoms with Crippen molar-refractivity contribution in [1.82, 2.24) is 0 Å². The molecule has 30 heavy (non-hydrogen) atoms. The van der Waals surface area contributed by atoms with E-state index >= 15 is 0 Å². The van der Waals surface area contributed by atoms with Gasteiger partial charge in [-0.1, -0.05) is 41.9 Å². The molecule has 0 bridgehead atoms. The van der Waals surface area contributed by atoms with Gasteiger partial charge in [0.05, 0.1) is 21.4 Å². The van der Waals surface area contributed by atoms with Crippen LogP contribution < -0.4 is 10.6 Å². The summed E-state index contributed by atoms with van der Waals surface area (Å²) in [5, 5.41) is 5.56. The molecule has 2 N–H and O–H groups in total. The van der Waals surface area contributed by atoms with Crippen LogP contribution in [0.1, 0.15) is 22.8 Å². The molecule has 3 aromatic carbocycles. The Bertz CT molecular complexity index is 1190. The van der Waals surface area contributed by atoms with Crippen LogP contribution in [0.25, 0.3) is 0 Å². The number of halogens is 1. The van der Waals surface area contributed by atoms with Crippen LogP contribution in [0.4, 0.5) is 11.4 Å². The SMILES string of the molecule is CC(=O)Nc1ccc(NC(=O)c2cccc(CS(=O)(=O)c3ccccc3)c2)c(Cl)c1. The van der Waals surface area contributed by atoms with E-state index in [4.69, 9.17) is 11.6 Å². The number of hydrogen-bond acceptors (Lipinski definition) is 4. The van der Waals surface area contributed by atoms with E-state index in [0.717, 1.165) is 0 Å². The first kappa shape index (κ1) is 21.5. The van der Waals surface area contributed by atoms with Crippen LogP contribution in [-0.2, 0) is 20.4 Å². The van der Waals surface area contributed by atoms with E-state index < -0.39 is 15.7 Å². The standard InChI is InChI=1S/C22H19ClN2O4S/c1-15(26)24-18-10-11-21(20(23)13-18)25-22(27)17-7-5-6-16(12-17)14-30(28,29)19-8-3-2-4-9-19/h2-13H,14H2,1H3,(H,24,26)(H,25,27). The third-order valence-corrected chi connectivity index (χ3v) is 6.20. The van der Waals surface area contributed by atoms with E-state index in [1.807, 2.05) is 0 Å². The summed E-state index contributed by atoms with van der Waals surface area (Å²) in [6.07, 6.45) is 0. The van der Waals surface area contributed by atoms with Crippen LogP contribution >= 0.6 is 11.6 Å². The minimum Gasteiger partial charge on any atom is -0.326 e. The molecule has 0 unspecified atom stereocenters. The van der Waals surface area contributed by atoms with Crippen molar-refractivity contribution in [2.24, 2.45) is 0 Å². The number of rotatable bonds is 6. The second-order valence-corrected chi connectivity index (χ2v) is 9.00. The number of nitrogens with one attached hydrogen (secondary N) is 2. The summed E-state index contributed by atoms with van der Waals surface area (Å²) < 4.78 is 25.2. The summed E-state index contributed by atoms with van der Waals surface area (Å²) in [7, 11) is -3.52. The highest BCUT2D eigenvalue weighted by Gasteiger charge is 2.16. The van der Waals surface area contributed by atoms with Gasteiger partial charge in [0.15, 0.2) is 9.84 Å². The number of anilines is 2. The highest BCUT2D eigenvalue weighted by molar-refractivity contribution is 7.90. The maximum Gasteiger partial charge on any atom is 0.255 e.